The first kappa shape index (κ1) is 31.7. The quantitative estimate of drug-likeness (QED) is 0.123. The number of Topliss-reactive ketones (excluding diaryl/α,β-unsaturated/α-hetero) is 2. The molecule has 4 rings (SSSR count). The van der Waals surface area contributed by atoms with Gasteiger partial charge in [0.2, 0.25) is 11.6 Å². The number of carbonyl (C=O) groups excluding carboxylic acids is 2. The maximum atomic E-state index is 13.5. The van der Waals surface area contributed by atoms with E-state index in [1.54, 1.807) is 6.92 Å². The summed E-state index contributed by atoms with van der Waals surface area (Å²) in [6.45, 7) is 0.367. The van der Waals surface area contributed by atoms with Gasteiger partial charge in [0, 0.05) is 42.8 Å². The third-order valence-electron chi connectivity index (χ3n) is 6.46. The van der Waals surface area contributed by atoms with Crippen molar-refractivity contribution in [1.29, 1.82) is 0 Å². The first-order valence-electron chi connectivity index (χ1n) is 13.2. The van der Waals surface area contributed by atoms with E-state index in [0.29, 0.717) is 18.1 Å². The zero-order chi connectivity index (χ0) is 32.0. The molecule has 0 saturated heterocycles. The highest BCUT2D eigenvalue weighted by molar-refractivity contribution is 6.00. The van der Waals surface area contributed by atoms with E-state index < -0.39 is 53.8 Å². The Hall–Kier alpha value is -5.26. The number of halogens is 4. The Morgan fingerprint density at radius 3 is 1.91 bits per heavy atom. The maximum Gasteiger partial charge on any atom is 0.203 e. The van der Waals surface area contributed by atoms with Crippen LogP contribution in [-0.2, 0) is 12.8 Å². The molecule has 0 heterocycles. The molecular weight excluding hydrogens is 588 g/mol. The number of hydrogen-bond acceptors (Lipinski definition) is 8. The molecule has 0 aliphatic rings. The fraction of sp³-hybridized carbons (Fsp3) is 0.188. The average molecular weight is 615 g/mol. The molecule has 0 radical (unpaired) electrons. The van der Waals surface area contributed by atoms with Gasteiger partial charge in [0.05, 0.1) is 17.7 Å². The van der Waals surface area contributed by atoms with Crippen LogP contribution in [0.1, 0.15) is 38.8 Å². The molecule has 0 aliphatic heterocycles. The molecular formula is C32H26F4O8. The molecule has 0 unspecified atom stereocenters. The van der Waals surface area contributed by atoms with E-state index in [4.69, 9.17) is 14.2 Å². The van der Waals surface area contributed by atoms with Gasteiger partial charge in [-0.25, -0.2) is 17.6 Å². The Labute approximate surface area is 248 Å². The molecule has 44 heavy (non-hydrogen) atoms. The summed E-state index contributed by atoms with van der Waals surface area (Å²) in [5.41, 5.74) is 0.420. The first-order chi connectivity index (χ1) is 20.9. The van der Waals surface area contributed by atoms with E-state index in [2.05, 4.69) is 0 Å². The summed E-state index contributed by atoms with van der Waals surface area (Å²) in [6, 6.07) is 10.0. The van der Waals surface area contributed by atoms with Gasteiger partial charge < -0.3 is 29.5 Å². The van der Waals surface area contributed by atoms with Crippen molar-refractivity contribution in [2.75, 3.05) is 19.8 Å². The number of aryl methyl sites for hydroxylation is 1. The SMILES string of the molecule is CCc1cc(C(=O)COc2cc(F)cc(F)c2)c(OCCc2cc(C(=O)COc3ccc(F)c(F)c3)c(O)cc2O)cc1O. The second kappa shape index (κ2) is 13.8. The summed E-state index contributed by atoms with van der Waals surface area (Å²) < 4.78 is 69.7. The molecule has 4 aromatic rings. The average Bonchev–Trinajstić information content (AvgIpc) is 2.97. The van der Waals surface area contributed by atoms with Crippen molar-refractivity contribution >= 4 is 11.6 Å². The normalized spacial score (nSPS) is 10.8. The molecule has 230 valence electrons. The van der Waals surface area contributed by atoms with Gasteiger partial charge in [-0.15, -0.1) is 0 Å². The summed E-state index contributed by atoms with van der Waals surface area (Å²) in [7, 11) is 0. The molecule has 0 spiro atoms. The highest BCUT2D eigenvalue weighted by atomic mass is 19.2. The van der Waals surface area contributed by atoms with Crippen LogP contribution in [0.5, 0.6) is 34.5 Å². The van der Waals surface area contributed by atoms with Gasteiger partial charge in [-0.3, -0.25) is 9.59 Å². The smallest absolute Gasteiger partial charge is 0.203 e. The van der Waals surface area contributed by atoms with Crippen LogP contribution in [0.25, 0.3) is 0 Å². The van der Waals surface area contributed by atoms with Gasteiger partial charge in [0.1, 0.15) is 46.1 Å². The largest absolute Gasteiger partial charge is 0.508 e. The van der Waals surface area contributed by atoms with Gasteiger partial charge in [0.25, 0.3) is 0 Å². The van der Waals surface area contributed by atoms with Gasteiger partial charge in [0.15, 0.2) is 24.8 Å². The molecule has 0 fully saturated rings. The number of phenolic OH excluding ortho intramolecular Hbond substituents is 3. The van der Waals surface area contributed by atoms with Crippen molar-refractivity contribution in [2.24, 2.45) is 0 Å². The van der Waals surface area contributed by atoms with E-state index in [1.165, 1.54) is 18.2 Å². The fourth-order valence-electron chi connectivity index (χ4n) is 4.18. The lowest BCUT2D eigenvalue weighted by molar-refractivity contribution is 0.0910. The number of ether oxygens (including phenoxy) is 3. The van der Waals surface area contributed by atoms with Gasteiger partial charge >= 0.3 is 0 Å². The molecule has 0 atom stereocenters. The van der Waals surface area contributed by atoms with Crippen LogP contribution in [0, 0.1) is 23.3 Å². The molecule has 0 amide bonds. The summed E-state index contributed by atoms with van der Waals surface area (Å²) >= 11 is 0. The molecule has 0 aliphatic carbocycles. The van der Waals surface area contributed by atoms with Crippen molar-refractivity contribution in [3.8, 4) is 34.5 Å². The van der Waals surface area contributed by atoms with Crippen molar-refractivity contribution in [2.45, 2.75) is 19.8 Å². The Kier molecular flexibility index (Phi) is 9.94. The number of phenols is 3. The topological polar surface area (TPSA) is 123 Å². The van der Waals surface area contributed by atoms with Crippen LogP contribution in [-0.4, -0.2) is 46.7 Å². The molecule has 0 bridgehead atoms. The van der Waals surface area contributed by atoms with Gasteiger partial charge in [-0.1, -0.05) is 6.92 Å². The van der Waals surface area contributed by atoms with E-state index in [0.717, 1.165) is 36.4 Å². The molecule has 3 N–H and O–H groups in total. The third kappa shape index (κ3) is 7.77. The van der Waals surface area contributed by atoms with Gasteiger partial charge in [-0.05, 0) is 41.8 Å². The monoisotopic (exact) mass is 614 g/mol. The van der Waals surface area contributed by atoms with Crippen LogP contribution in [0.4, 0.5) is 17.6 Å². The zero-order valence-electron chi connectivity index (χ0n) is 23.2. The predicted octanol–water partition coefficient (Wildman–Crippen LogP) is 6.07. The first-order valence-corrected chi connectivity index (χ1v) is 13.2. The van der Waals surface area contributed by atoms with Crippen molar-refractivity contribution in [1.82, 2.24) is 0 Å². The zero-order valence-corrected chi connectivity index (χ0v) is 23.2. The number of aromatic hydroxyl groups is 3. The summed E-state index contributed by atoms with van der Waals surface area (Å²) in [6.07, 6.45) is 0.347. The van der Waals surface area contributed by atoms with E-state index in [-0.39, 0.29) is 58.5 Å². The Morgan fingerprint density at radius 1 is 0.636 bits per heavy atom. The Bertz CT molecular complexity index is 1690. The lowest BCUT2D eigenvalue weighted by atomic mass is 10.0. The van der Waals surface area contributed by atoms with Crippen molar-refractivity contribution in [3.63, 3.8) is 0 Å². The van der Waals surface area contributed by atoms with Crippen LogP contribution in [0.2, 0.25) is 0 Å². The highest BCUT2D eigenvalue weighted by Crippen LogP contribution is 2.32. The van der Waals surface area contributed by atoms with Crippen molar-refractivity contribution < 1.29 is 56.7 Å². The predicted molar refractivity (Wildman–Crippen MR) is 149 cm³/mol. The number of benzene rings is 4. The number of ketones is 2. The van der Waals surface area contributed by atoms with Crippen LogP contribution >= 0.6 is 0 Å². The Balaban J connectivity index is 1.45. The lowest BCUT2D eigenvalue weighted by Gasteiger charge is -2.15. The number of rotatable bonds is 13. The molecule has 0 saturated carbocycles. The lowest BCUT2D eigenvalue weighted by Crippen LogP contribution is -2.15. The minimum atomic E-state index is -1.17. The van der Waals surface area contributed by atoms with E-state index in [9.17, 15) is 42.5 Å². The van der Waals surface area contributed by atoms with Gasteiger partial charge in [-0.2, -0.15) is 0 Å². The second-order valence-electron chi connectivity index (χ2n) is 9.53. The van der Waals surface area contributed by atoms with Crippen molar-refractivity contribution in [3.05, 3.63) is 106 Å². The summed E-state index contributed by atoms with van der Waals surface area (Å²) in [4.78, 5) is 25.7. The molecule has 12 heteroatoms. The summed E-state index contributed by atoms with van der Waals surface area (Å²) in [5, 5.41) is 30.9. The Morgan fingerprint density at radius 2 is 1.25 bits per heavy atom. The maximum absolute atomic E-state index is 13.5. The van der Waals surface area contributed by atoms with Crippen LogP contribution < -0.4 is 14.2 Å². The fourth-order valence-corrected chi connectivity index (χ4v) is 4.18. The third-order valence-corrected chi connectivity index (χ3v) is 6.46. The van der Waals surface area contributed by atoms with E-state index in [1.807, 2.05) is 0 Å². The summed E-state index contributed by atoms with van der Waals surface area (Å²) in [5.74, 6) is -6.74. The van der Waals surface area contributed by atoms with E-state index >= 15 is 0 Å². The highest BCUT2D eigenvalue weighted by Gasteiger charge is 2.20. The molecule has 0 aromatic heterocycles. The van der Waals surface area contributed by atoms with Crippen LogP contribution in [0.3, 0.4) is 0 Å². The molecule has 4 aromatic carbocycles. The number of carbonyl (C=O) groups is 2. The standard InChI is InChI=1S/C32H26F4O8/c1-2-17-7-24(31(41)16-44-22-10-19(33)9-20(34)11-22)32(14-28(17)38)42-6-5-18-8-23(29(39)13-27(18)37)30(40)15-43-21-3-4-25(35)26(36)12-21/h3-4,7-14,37-39H,2,5-6,15-16H2,1H3. The minimum absolute atomic E-state index is 0.0247. The second-order valence-corrected chi connectivity index (χ2v) is 9.53. The number of hydrogen-bond donors (Lipinski definition) is 3. The minimum Gasteiger partial charge on any atom is -0.508 e. The van der Waals surface area contributed by atoms with Crippen LogP contribution in [0.15, 0.2) is 60.7 Å². The molecule has 8 nitrogen and oxygen atoms in total.